The fourth-order valence-corrected chi connectivity index (χ4v) is 1.66. The zero-order chi connectivity index (χ0) is 13.1. The van der Waals surface area contributed by atoms with Gasteiger partial charge < -0.3 is 0 Å². The van der Waals surface area contributed by atoms with Gasteiger partial charge in [-0.3, -0.25) is 9.48 Å². The molecule has 0 spiro atoms. The lowest BCUT2D eigenvalue weighted by molar-refractivity contribution is -0.117. The predicted octanol–water partition coefficient (Wildman–Crippen LogP) is 1.45. The van der Waals surface area contributed by atoms with Gasteiger partial charge in [0.1, 0.15) is 29.6 Å². The number of aromatic nitrogens is 3. The van der Waals surface area contributed by atoms with Gasteiger partial charge in [-0.05, 0) is 17.7 Å². The summed E-state index contributed by atoms with van der Waals surface area (Å²) in [4.78, 5) is 15.6. The Morgan fingerprint density at radius 2 is 1.89 bits per heavy atom. The van der Waals surface area contributed by atoms with E-state index in [1.165, 1.54) is 11.0 Å². The van der Waals surface area contributed by atoms with E-state index in [9.17, 15) is 13.6 Å². The lowest BCUT2D eigenvalue weighted by Gasteiger charge is -2.02. The molecule has 0 bridgehead atoms. The zero-order valence-electron chi connectivity index (χ0n) is 9.73. The molecule has 0 aliphatic heterocycles. The van der Waals surface area contributed by atoms with Crippen LogP contribution in [0.4, 0.5) is 8.78 Å². The average molecular weight is 251 g/mol. The number of hydrogen-bond acceptors (Lipinski definition) is 3. The smallest absolute Gasteiger partial charge is 0.144 e. The van der Waals surface area contributed by atoms with Crippen LogP contribution in [0.25, 0.3) is 0 Å². The molecule has 18 heavy (non-hydrogen) atoms. The van der Waals surface area contributed by atoms with Crippen molar-refractivity contribution in [1.29, 1.82) is 0 Å². The van der Waals surface area contributed by atoms with Crippen molar-refractivity contribution in [3.05, 3.63) is 47.5 Å². The fourth-order valence-electron chi connectivity index (χ4n) is 1.66. The van der Waals surface area contributed by atoms with Crippen LogP contribution in [0, 0.1) is 11.6 Å². The molecule has 0 saturated heterocycles. The van der Waals surface area contributed by atoms with Gasteiger partial charge in [0.2, 0.25) is 0 Å². The first-order chi connectivity index (χ1) is 8.54. The second-order valence-electron chi connectivity index (χ2n) is 3.97. The van der Waals surface area contributed by atoms with Crippen LogP contribution in [0.15, 0.2) is 24.5 Å². The summed E-state index contributed by atoms with van der Waals surface area (Å²) in [6.45, 7) is 0. The minimum atomic E-state index is -0.684. The first-order valence-electron chi connectivity index (χ1n) is 5.34. The number of aryl methyl sites for hydroxylation is 1. The Morgan fingerprint density at radius 3 is 2.44 bits per heavy atom. The lowest BCUT2D eigenvalue weighted by Crippen LogP contribution is -2.11. The van der Waals surface area contributed by atoms with Gasteiger partial charge in [0, 0.05) is 19.5 Å². The topological polar surface area (TPSA) is 47.8 Å². The summed E-state index contributed by atoms with van der Waals surface area (Å²) in [6, 6.07) is 3.08. The van der Waals surface area contributed by atoms with Gasteiger partial charge in [-0.1, -0.05) is 0 Å². The number of carbonyl (C=O) groups excluding carboxylic acids is 1. The first kappa shape index (κ1) is 12.3. The SMILES string of the molecule is Cn1ncnc1CC(=O)Cc1cc(F)cc(F)c1. The standard InChI is InChI=1S/C12H11F2N3O/c1-17-12(15-7-16-17)6-11(18)4-8-2-9(13)5-10(14)3-8/h2-3,5,7H,4,6H2,1H3. The maximum absolute atomic E-state index is 12.9. The number of hydrogen-bond donors (Lipinski definition) is 0. The normalized spacial score (nSPS) is 10.6. The third kappa shape index (κ3) is 2.97. The van der Waals surface area contributed by atoms with E-state index in [1.807, 2.05) is 0 Å². The van der Waals surface area contributed by atoms with E-state index < -0.39 is 11.6 Å². The molecule has 0 fully saturated rings. The molecule has 0 amide bonds. The number of Topliss-reactive ketones (excluding diaryl/α,β-unsaturated/α-hetero) is 1. The number of halogens is 2. The predicted molar refractivity (Wildman–Crippen MR) is 59.8 cm³/mol. The van der Waals surface area contributed by atoms with E-state index in [1.54, 1.807) is 7.05 Å². The third-order valence-electron chi connectivity index (χ3n) is 2.48. The molecule has 2 aromatic rings. The highest BCUT2D eigenvalue weighted by Crippen LogP contribution is 2.09. The van der Waals surface area contributed by atoms with E-state index in [2.05, 4.69) is 10.1 Å². The molecule has 0 unspecified atom stereocenters. The second kappa shape index (κ2) is 5.03. The minimum absolute atomic E-state index is 0.0263. The molecule has 6 heteroatoms. The Morgan fingerprint density at radius 1 is 1.22 bits per heavy atom. The van der Waals surface area contributed by atoms with Gasteiger partial charge >= 0.3 is 0 Å². The highest BCUT2D eigenvalue weighted by molar-refractivity contribution is 5.82. The van der Waals surface area contributed by atoms with Gasteiger partial charge in [0.05, 0.1) is 6.42 Å². The van der Waals surface area contributed by atoms with Crippen molar-refractivity contribution in [3.63, 3.8) is 0 Å². The molecule has 1 aromatic heterocycles. The molecule has 4 nitrogen and oxygen atoms in total. The quantitative estimate of drug-likeness (QED) is 0.826. The van der Waals surface area contributed by atoms with Crippen LogP contribution in [-0.2, 0) is 24.7 Å². The molecular formula is C12H11F2N3O. The average Bonchev–Trinajstić information content (AvgIpc) is 2.62. The van der Waals surface area contributed by atoms with Crippen molar-refractivity contribution in [2.45, 2.75) is 12.8 Å². The first-order valence-corrected chi connectivity index (χ1v) is 5.34. The van der Waals surface area contributed by atoms with E-state index in [4.69, 9.17) is 0 Å². The molecular weight excluding hydrogens is 240 g/mol. The van der Waals surface area contributed by atoms with Crippen LogP contribution in [0.1, 0.15) is 11.4 Å². The van der Waals surface area contributed by atoms with E-state index in [-0.39, 0.29) is 18.6 Å². The van der Waals surface area contributed by atoms with Crippen LogP contribution in [-0.4, -0.2) is 20.5 Å². The molecule has 0 N–H and O–H groups in total. The maximum Gasteiger partial charge on any atom is 0.144 e. The van der Waals surface area contributed by atoms with Crippen molar-refractivity contribution in [2.75, 3.05) is 0 Å². The molecule has 94 valence electrons. The number of rotatable bonds is 4. The summed E-state index contributed by atoms with van der Waals surface area (Å²) in [5, 5.41) is 3.84. The minimum Gasteiger partial charge on any atom is -0.299 e. The number of benzene rings is 1. The fraction of sp³-hybridized carbons (Fsp3) is 0.250. The molecule has 0 saturated carbocycles. The van der Waals surface area contributed by atoms with Crippen LogP contribution >= 0.6 is 0 Å². The van der Waals surface area contributed by atoms with E-state index >= 15 is 0 Å². The molecule has 1 aromatic carbocycles. The largest absolute Gasteiger partial charge is 0.299 e. The van der Waals surface area contributed by atoms with Gasteiger partial charge in [0.25, 0.3) is 0 Å². The van der Waals surface area contributed by atoms with Crippen molar-refractivity contribution < 1.29 is 13.6 Å². The summed E-state index contributed by atoms with van der Waals surface area (Å²) in [5.74, 6) is -1.01. The highest BCUT2D eigenvalue weighted by Gasteiger charge is 2.10. The van der Waals surface area contributed by atoms with Gasteiger partial charge in [-0.25, -0.2) is 13.8 Å². The maximum atomic E-state index is 12.9. The van der Waals surface area contributed by atoms with E-state index in [0.29, 0.717) is 11.4 Å². The number of ketones is 1. The Balaban J connectivity index is 2.05. The Labute approximate surface area is 102 Å². The summed E-state index contributed by atoms with van der Waals surface area (Å²) in [5.41, 5.74) is 0.319. The second-order valence-corrected chi connectivity index (χ2v) is 3.97. The zero-order valence-corrected chi connectivity index (χ0v) is 9.73. The summed E-state index contributed by atoms with van der Waals surface area (Å²) >= 11 is 0. The van der Waals surface area contributed by atoms with Crippen molar-refractivity contribution >= 4 is 5.78 Å². The molecule has 0 aliphatic rings. The van der Waals surface area contributed by atoms with Gasteiger partial charge in [0.15, 0.2) is 0 Å². The third-order valence-corrected chi connectivity index (χ3v) is 2.48. The Bertz CT molecular complexity index is 560. The van der Waals surface area contributed by atoms with Gasteiger partial charge in [-0.2, -0.15) is 5.10 Å². The van der Waals surface area contributed by atoms with E-state index in [0.717, 1.165) is 18.2 Å². The van der Waals surface area contributed by atoms with Crippen LogP contribution in [0.5, 0.6) is 0 Å². The van der Waals surface area contributed by atoms with Crippen LogP contribution in [0.2, 0.25) is 0 Å². The van der Waals surface area contributed by atoms with Crippen molar-refractivity contribution in [1.82, 2.24) is 14.8 Å². The molecule has 0 atom stereocenters. The van der Waals surface area contributed by atoms with Gasteiger partial charge in [-0.15, -0.1) is 0 Å². The summed E-state index contributed by atoms with van der Waals surface area (Å²) in [7, 11) is 1.68. The van der Waals surface area contributed by atoms with Crippen molar-refractivity contribution in [2.24, 2.45) is 7.05 Å². The van der Waals surface area contributed by atoms with Crippen LogP contribution < -0.4 is 0 Å². The highest BCUT2D eigenvalue weighted by atomic mass is 19.1. The number of carbonyl (C=O) groups is 1. The van der Waals surface area contributed by atoms with Crippen molar-refractivity contribution in [3.8, 4) is 0 Å². The Hall–Kier alpha value is -2.11. The summed E-state index contributed by atoms with van der Waals surface area (Å²) < 4.78 is 27.4. The Kier molecular flexibility index (Phi) is 3.45. The lowest BCUT2D eigenvalue weighted by atomic mass is 10.1. The molecule has 2 rings (SSSR count). The monoisotopic (exact) mass is 251 g/mol. The molecule has 0 aliphatic carbocycles. The molecule has 0 radical (unpaired) electrons. The summed E-state index contributed by atoms with van der Waals surface area (Å²) in [6.07, 6.45) is 1.42. The number of nitrogens with zero attached hydrogens (tertiary/aromatic N) is 3. The van der Waals surface area contributed by atoms with Crippen LogP contribution in [0.3, 0.4) is 0 Å². The molecule has 1 heterocycles.